The fourth-order valence-electron chi connectivity index (χ4n) is 13.4. The van der Waals surface area contributed by atoms with Crippen LogP contribution >= 0.6 is 0 Å². The Labute approximate surface area is 730 Å². The highest BCUT2D eigenvalue weighted by Gasteiger charge is 2.55. The van der Waals surface area contributed by atoms with Gasteiger partial charge in [0.25, 0.3) is 0 Å². The Morgan fingerprint density at radius 1 is 0.185 bits per heavy atom. The largest absolute Gasteiger partial charge is 0.394 e. The maximum Gasteiger partial charge on any atom is 0.110 e. The van der Waals surface area contributed by atoms with E-state index in [9.17, 15) is 0 Å². The van der Waals surface area contributed by atoms with Gasteiger partial charge in [0.1, 0.15) is 24.4 Å². The van der Waals surface area contributed by atoms with E-state index >= 15 is 0 Å². The van der Waals surface area contributed by atoms with Crippen molar-refractivity contribution in [3.63, 3.8) is 0 Å². The van der Waals surface area contributed by atoms with E-state index in [4.69, 9.17) is 112 Å². The molecule has 0 unspecified atom stereocenters. The molecule has 8 aliphatic rings. The Morgan fingerprint density at radius 3 is 0.336 bits per heavy atom. The van der Waals surface area contributed by atoms with E-state index in [0.29, 0.717) is 0 Å². The summed E-state index contributed by atoms with van der Waals surface area (Å²) < 4.78 is 95.3. The Kier molecular flexibility index (Phi) is 48.6. The first-order valence-electron chi connectivity index (χ1n) is 45.8. The monoisotopic (exact) mass is 1720 g/mol. The Bertz CT molecular complexity index is 2190. The Morgan fingerprint density at radius 2 is 0.269 bits per heavy atom. The number of ether oxygens (including phenoxy) is 16. The second kappa shape index (κ2) is 48.1. The van der Waals surface area contributed by atoms with Crippen molar-refractivity contribution in [2.75, 3.05) is 26.4 Å². The van der Waals surface area contributed by atoms with Crippen molar-refractivity contribution in [3.05, 3.63) is 0 Å². The van der Waals surface area contributed by atoms with Gasteiger partial charge in [0, 0.05) is 0 Å². The van der Waals surface area contributed by atoms with E-state index in [-0.39, 0.29) is 173 Å². The summed E-state index contributed by atoms with van der Waals surface area (Å²) in [6.07, 6.45) is 8.77. The summed E-state index contributed by atoms with van der Waals surface area (Å²) in [5.74, 6) is 0. The van der Waals surface area contributed by atoms with Crippen LogP contribution in [-0.4, -0.2) is 268 Å². The van der Waals surface area contributed by atoms with Crippen molar-refractivity contribution in [3.8, 4) is 0 Å². The van der Waals surface area contributed by atoms with Crippen molar-refractivity contribution in [2.24, 2.45) is 0 Å². The molecule has 23 heteroatoms. The first-order valence-corrected chi connectivity index (χ1v) is 45.8. The molecular formula is C96H196O23. The second-order valence-electron chi connectivity index (χ2n) is 42.1. The van der Waals surface area contributed by atoms with Gasteiger partial charge in [-0.2, -0.15) is 0 Å². The summed E-state index contributed by atoms with van der Waals surface area (Å²) >= 11 is 0. The fourth-order valence-corrected chi connectivity index (χ4v) is 13.4. The van der Waals surface area contributed by atoms with Crippen molar-refractivity contribution in [1.29, 1.82) is 0 Å². The highest BCUT2D eigenvalue weighted by atomic mass is 16.7. The van der Waals surface area contributed by atoms with Crippen LogP contribution in [0.4, 0.5) is 0 Å². The van der Waals surface area contributed by atoms with Crippen LogP contribution in [0.1, 0.15) is 390 Å². The maximum absolute atomic E-state index is 9.08. The van der Waals surface area contributed by atoms with Gasteiger partial charge in [-0.25, -0.2) is 0 Å². The van der Waals surface area contributed by atoms with Crippen LogP contribution in [0.15, 0.2) is 0 Å². The molecule has 0 aromatic rings. The maximum atomic E-state index is 9.08. The van der Waals surface area contributed by atoms with Crippen LogP contribution in [0, 0.1) is 0 Å². The average Bonchev–Trinajstić information content (AvgIpc) is 0.793. The Balaban J connectivity index is 0. The third-order valence-corrected chi connectivity index (χ3v) is 27.9. The summed E-state index contributed by atoms with van der Waals surface area (Å²) in [4.78, 5) is 0. The van der Waals surface area contributed by atoms with Gasteiger partial charge in [-0.15, -0.1) is 0 Å². The lowest BCUT2D eigenvalue weighted by Gasteiger charge is -2.51. The molecule has 718 valence electrons. The summed E-state index contributed by atoms with van der Waals surface area (Å²) in [6.45, 7) is 97.6. The molecule has 0 bridgehead atoms. The summed E-state index contributed by atoms with van der Waals surface area (Å²) in [7, 11) is 0. The fraction of sp³-hybridized carbons (Fsp3) is 1.00. The predicted octanol–water partition coefficient (Wildman–Crippen LogP) is 18.5. The molecule has 0 aliphatic carbocycles. The van der Waals surface area contributed by atoms with Gasteiger partial charge in [-0.05, 0) is 328 Å². The van der Waals surface area contributed by atoms with Gasteiger partial charge in [-0.1, -0.05) is 62.3 Å². The van der Waals surface area contributed by atoms with Crippen molar-refractivity contribution in [2.45, 2.75) is 596 Å². The molecule has 19 atom stereocenters. The quantitative estimate of drug-likeness (QED) is 0.0850. The summed E-state index contributed by atoms with van der Waals surface area (Å²) in [6, 6.07) is 0. The highest BCUT2D eigenvalue weighted by molar-refractivity contribution is 5.03. The summed E-state index contributed by atoms with van der Waals surface area (Å²) in [5.41, 5.74) is -4.21. The van der Waals surface area contributed by atoms with Crippen molar-refractivity contribution in [1.82, 2.24) is 0 Å². The minimum atomic E-state index is -0.593. The molecule has 0 spiro atoms. The highest BCUT2D eigenvalue weighted by Crippen LogP contribution is 2.46. The van der Waals surface area contributed by atoms with Gasteiger partial charge in [0.15, 0.2) is 0 Å². The smallest absolute Gasteiger partial charge is 0.110 e. The first kappa shape index (κ1) is 120. The lowest BCUT2D eigenvalue weighted by atomic mass is 9.86. The molecule has 8 saturated heterocycles. The standard InChI is InChI=1S/4C12H24O2.2C10H20O4.2C10H20O2.C4H10O2.C4H10O/c4*1-7-9-10(8-2)14-12(5,6)11(3,4)13-9;2*1-9(2)10(3,4)14-8(6-12)7(5-11)13-9;2*1-7-8(2)12-10(5,6)9(3,4)11-7;1-3(5)4(2)6;1-3-4(2)5/h4*9-10H,7-8H2,1-6H3;2*7-8,11-12H,5-6H2,1-4H3;2*7-8H,1-6H3;3-6H,1-2H3;4-5H,3H2,1-2H3/t4*9-,10-;4*7-,8-;3-,4-;4-/m1100101001/s1. The molecule has 7 N–H and O–H groups in total. The van der Waals surface area contributed by atoms with Crippen molar-refractivity contribution >= 4 is 0 Å². The third kappa shape index (κ3) is 34.2. The Hall–Kier alpha value is -0.920. The van der Waals surface area contributed by atoms with Crippen LogP contribution in [0.3, 0.4) is 0 Å². The van der Waals surface area contributed by atoms with E-state index in [1.807, 2.05) is 62.3 Å². The predicted molar refractivity (Wildman–Crippen MR) is 482 cm³/mol. The van der Waals surface area contributed by atoms with Crippen molar-refractivity contribution < 1.29 is 112 Å². The SMILES string of the molecule is CC1(C)O[C@@H](CO)[C@H](CO)OC1(C)C.CC1(C)O[C@H](CO)[C@@H](CO)OC1(C)C.CC[C@@H](C)O.CC[C@@H]1OC(C)(C)C(C)(C)O[C@H]1CC.CC[C@@H]1OC(C)(C)C(C)(C)O[C@H]1CC.CC[C@H]1OC(C)(C)C(C)(C)O[C@@H]1CC.CC[C@H]1OC(C)(C)C(C)(C)O[C@@H]1CC.C[C@@H]1OC(C)(C)C(C)(C)O[C@H]1C.C[C@H](O)[C@H](C)O.C[C@H]1OC(C)(C)C(C)(C)O[C@@H]1C. The third-order valence-electron chi connectivity index (χ3n) is 27.9. The first-order chi connectivity index (χ1) is 53.5. The molecule has 8 aliphatic heterocycles. The minimum absolute atomic E-state index is 0.116. The van der Waals surface area contributed by atoms with Crippen LogP contribution in [0.5, 0.6) is 0 Å². The number of hydrogen-bond donors (Lipinski definition) is 7. The zero-order valence-electron chi connectivity index (χ0n) is 85.8. The topological polar surface area (TPSA) is 289 Å². The lowest BCUT2D eigenvalue weighted by molar-refractivity contribution is -0.304. The van der Waals surface area contributed by atoms with Gasteiger partial charge in [-0.3, -0.25) is 0 Å². The number of aliphatic hydroxyl groups excluding tert-OH is 7. The van der Waals surface area contributed by atoms with Gasteiger partial charge >= 0.3 is 0 Å². The van der Waals surface area contributed by atoms with Crippen LogP contribution in [-0.2, 0) is 75.8 Å². The molecule has 23 nitrogen and oxygen atoms in total. The van der Waals surface area contributed by atoms with E-state index < -0.39 is 59.0 Å². The average molecular weight is 1720 g/mol. The number of rotatable bonds is 14. The summed E-state index contributed by atoms with van der Waals surface area (Å²) in [5, 5.41) is 61.4. The lowest BCUT2D eigenvalue weighted by Crippen LogP contribution is -2.62. The van der Waals surface area contributed by atoms with Gasteiger partial charge in [0.05, 0.1) is 208 Å². The molecule has 8 fully saturated rings. The molecule has 8 rings (SSSR count). The number of hydrogen-bond acceptors (Lipinski definition) is 23. The second-order valence-corrected chi connectivity index (χ2v) is 42.1. The molecule has 8 heterocycles. The zero-order chi connectivity index (χ0) is 94.5. The minimum Gasteiger partial charge on any atom is -0.394 e. The molecule has 0 amide bonds. The molecule has 0 aromatic carbocycles. The van der Waals surface area contributed by atoms with Gasteiger partial charge in [0.2, 0.25) is 0 Å². The number of aliphatic hydroxyl groups is 7. The zero-order valence-corrected chi connectivity index (χ0v) is 85.8. The molecule has 0 radical (unpaired) electrons. The molecule has 0 aromatic heterocycles. The van der Waals surface area contributed by atoms with Crippen LogP contribution in [0.2, 0.25) is 0 Å². The van der Waals surface area contributed by atoms with Crippen LogP contribution in [0.25, 0.3) is 0 Å². The normalized spacial score (nSPS) is 34.7. The molecule has 119 heavy (non-hydrogen) atoms. The van der Waals surface area contributed by atoms with E-state index in [2.05, 4.69) is 249 Å². The van der Waals surface area contributed by atoms with E-state index in [0.717, 1.165) is 57.8 Å². The van der Waals surface area contributed by atoms with E-state index in [1.54, 1.807) is 20.8 Å². The molecular weight excluding hydrogens is 1520 g/mol. The molecule has 0 saturated carbocycles. The van der Waals surface area contributed by atoms with E-state index in [1.165, 1.54) is 0 Å². The van der Waals surface area contributed by atoms with Crippen LogP contribution < -0.4 is 0 Å². The van der Waals surface area contributed by atoms with Gasteiger partial charge < -0.3 is 112 Å².